The molecular formula is C33H44N4O3SSi. The minimum atomic E-state index is -1.89. The van der Waals surface area contributed by atoms with Crippen molar-refractivity contribution in [3.63, 3.8) is 0 Å². The normalized spacial score (nSPS) is 17.8. The number of pyridine rings is 1. The molecule has 7 nitrogen and oxygen atoms in total. The fourth-order valence-electron chi connectivity index (χ4n) is 5.64. The van der Waals surface area contributed by atoms with Crippen LogP contribution >= 0.6 is 11.3 Å². The van der Waals surface area contributed by atoms with Gasteiger partial charge in [0.25, 0.3) is 0 Å². The molecule has 1 atom stereocenters. The van der Waals surface area contributed by atoms with Crippen LogP contribution in [0.2, 0.25) is 18.1 Å². The lowest BCUT2D eigenvalue weighted by atomic mass is 9.90. The number of likely N-dealkylation sites (tertiary alicyclic amines) is 1. The van der Waals surface area contributed by atoms with Crippen molar-refractivity contribution < 1.29 is 14.0 Å². The van der Waals surface area contributed by atoms with Gasteiger partial charge in [-0.2, -0.15) is 5.26 Å². The van der Waals surface area contributed by atoms with E-state index in [1.54, 1.807) is 11.3 Å². The molecule has 2 aromatic heterocycles. The molecule has 2 aliphatic rings. The van der Waals surface area contributed by atoms with Crippen LogP contribution in [0, 0.1) is 11.3 Å². The number of nitrogens with zero attached hydrogens (tertiary/aromatic N) is 4. The van der Waals surface area contributed by atoms with Gasteiger partial charge in [0.05, 0.1) is 28.5 Å². The first-order valence-electron chi connectivity index (χ1n) is 15.0. The monoisotopic (exact) mass is 604 g/mol. The lowest BCUT2D eigenvalue weighted by Gasteiger charge is -2.38. The number of ether oxygens (including phenoxy) is 1. The molecule has 1 aromatic carbocycles. The van der Waals surface area contributed by atoms with Crippen molar-refractivity contribution in [3.8, 4) is 17.2 Å². The summed E-state index contributed by atoms with van der Waals surface area (Å²) in [5, 5.41) is 10.1. The van der Waals surface area contributed by atoms with E-state index in [2.05, 4.69) is 63.0 Å². The van der Waals surface area contributed by atoms with E-state index < -0.39 is 13.9 Å². The van der Waals surface area contributed by atoms with Gasteiger partial charge in [-0.15, -0.1) is 11.3 Å². The average Bonchev–Trinajstić information content (AvgIpc) is 3.57. The topological polar surface area (TPSA) is 78.7 Å². The average molecular weight is 605 g/mol. The Morgan fingerprint density at radius 2 is 1.90 bits per heavy atom. The molecule has 0 N–H and O–H groups in total. The third-order valence-corrected chi connectivity index (χ3v) is 14.5. The SMILES string of the molecule is CC(C)(C)OC(=O)N1CCC(N2CCCc3cc(C#N)cc(-c4ccnc5cc(CO[Si](C)(C)C(C)(C)C)sc45)c32)C1. The minimum Gasteiger partial charge on any atom is -0.444 e. The van der Waals surface area contributed by atoms with Gasteiger partial charge in [0, 0.05) is 53.6 Å². The summed E-state index contributed by atoms with van der Waals surface area (Å²) >= 11 is 1.74. The summed E-state index contributed by atoms with van der Waals surface area (Å²) in [4.78, 5) is 23.1. The molecule has 1 amide bonds. The van der Waals surface area contributed by atoms with E-state index in [-0.39, 0.29) is 17.2 Å². The predicted molar refractivity (Wildman–Crippen MR) is 174 cm³/mol. The number of carbonyl (C=O) groups excluding carboxylic acids is 1. The highest BCUT2D eigenvalue weighted by molar-refractivity contribution is 7.19. The first kappa shape index (κ1) is 30.5. The van der Waals surface area contributed by atoms with Gasteiger partial charge in [-0.05, 0) is 88.0 Å². The summed E-state index contributed by atoms with van der Waals surface area (Å²) in [6.07, 6.45) is 4.47. The van der Waals surface area contributed by atoms with E-state index in [4.69, 9.17) is 14.1 Å². The molecule has 9 heteroatoms. The van der Waals surface area contributed by atoms with E-state index in [1.807, 2.05) is 37.9 Å². The molecule has 0 radical (unpaired) electrons. The molecule has 1 saturated heterocycles. The number of hydrogen-bond acceptors (Lipinski definition) is 7. The van der Waals surface area contributed by atoms with Crippen molar-refractivity contribution in [1.29, 1.82) is 5.26 Å². The second-order valence-electron chi connectivity index (χ2n) is 14.1. The van der Waals surface area contributed by atoms with Gasteiger partial charge in [-0.1, -0.05) is 20.8 Å². The maximum Gasteiger partial charge on any atom is 0.410 e. The van der Waals surface area contributed by atoms with Crippen molar-refractivity contribution in [2.45, 2.75) is 97.2 Å². The molecule has 1 unspecified atom stereocenters. The number of amides is 1. The molecule has 224 valence electrons. The first-order chi connectivity index (χ1) is 19.7. The van der Waals surface area contributed by atoms with Gasteiger partial charge in [-0.3, -0.25) is 4.98 Å². The number of fused-ring (bicyclic) bond motifs is 2. The second kappa shape index (κ2) is 11.3. The van der Waals surface area contributed by atoms with Crippen LogP contribution in [0.15, 0.2) is 30.5 Å². The Labute approximate surface area is 255 Å². The molecule has 42 heavy (non-hydrogen) atoms. The number of aromatic nitrogens is 1. The number of rotatable bonds is 5. The maximum absolute atomic E-state index is 12.9. The van der Waals surface area contributed by atoms with Gasteiger partial charge < -0.3 is 19.0 Å². The minimum absolute atomic E-state index is 0.145. The first-order valence-corrected chi connectivity index (χ1v) is 18.7. The highest BCUT2D eigenvalue weighted by Gasteiger charge is 2.38. The van der Waals surface area contributed by atoms with E-state index >= 15 is 0 Å². The van der Waals surface area contributed by atoms with Crippen LogP contribution in [0.3, 0.4) is 0 Å². The van der Waals surface area contributed by atoms with E-state index in [1.165, 1.54) is 16.1 Å². The maximum atomic E-state index is 12.9. The fraction of sp³-hybridized carbons (Fsp3) is 0.545. The van der Waals surface area contributed by atoms with Gasteiger partial charge in [0.1, 0.15) is 5.60 Å². The summed E-state index contributed by atoms with van der Waals surface area (Å²) in [6, 6.07) is 10.9. The van der Waals surface area contributed by atoms with Crippen molar-refractivity contribution >= 4 is 41.7 Å². The number of anilines is 1. The molecule has 0 bridgehead atoms. The van der Waals surface area contributed by atoms with E-state index in [0.29, 0.717) is 25.3 Å². The van der Waals surface area contributed by atoms with Crippen LogP contribution in [0.1, 0.15) is 70.4 Å². The molecule has 5 rings (SSSR count). The molecular weight excluding hydrogens is 561 g/mol. The quantitative estimate of drug-likeness (QED) is 0.274. The number of benzene rings is 1. The number of nitriles is 1. The summed E-state index contributed by atoms with van der Waals surface area (Å²) in [5.41, 5.74) is 5.69. The fourth-order valence-corrected chi connectivity index (χ4v) is 7.75. The number of aryl methyl sites for hydroxylation is 1. The number of thiophene rings is 1. The Hall–Kier alpha value is -2.93. The molecule has 4 heterocycles. The Balaban J connectivity index is 1.51. The Kier molecular flexibility index (Phi) is 8.20. The van der Waals surface area contributed by atoms with Gasteiger partial charge in [0.15, 0.2) is 8.32 Å². The van der Waals surface area contributed by atoms with Crippen LogP contribution in [-0.4, -0.2) is 55.6 Å². The zero-order valence-corrected chi connectivity index (χ0v) is 28.2. The molecule has 2 aliphatic heterocycles. The van der Waals surface area contributed by atoms with Crippen LogP contribution in [0.5, 0.6) is 0 Å². The van der Waals surface area contributed by atoms with Crippen molar-refractivity contribution in [3.05, 3.63) is 46.5 Å². The van der Waals surface area contributed by atoms with Crippen molar-refractivity contribution in [1.82, 2.24) is 9.88 Å². The van der Waals surface area contributed by atoms with E-state index in [9.17, 15) is 10.1 Å². The summed E-state index contributed by atoms with van der Waals surface area (Å²) in [5.74, 6) is 0. The summed E-state index contributed by atoms with van der Waals surface area (Å²) in [7, 11) is -1.89. The lowest BCUT2D eigenvalue weighted by Crippen LogP contribution is -2.43. The lowest BCUT2D eigenvalue weighted by molar-refractivity contribution is 0.0292. The third-order valence-electron chi connectivity index (χ3n) is 8.84. The van der Waals surface area contributed by atoms with Gasteiger partial charge in [0.2, 0.25) is 0 Å². The highest BCUT2D eigenvalue weighted by Crippen LogP contribution is 2.45. The number of carbonyl (C=O) groups is 1. The van der Waals surface area contributed by atoms with Crippen LogP contribution in [0.25, 0.3) is 21.3 Å². The van der Waals surface area contributed by atoms with Crippen LogP contribution in [0.4, 0.5) is 10.5 Å². The molecule has 0 aliphatic carbocycles. The van der Waals surface area contributed by atoms with Crippen LogP contribution in [-0.2, 0) is 22.2 Å². The predicted octanol–water partition coefficient (Wildman–Crippen LogP) is 8.12. The smallest absolute Gasteiger partial charge is 0.410 e. The molecule has 1 fully saturated rings. The largest absolute Gasteiger partial charge is 0.444 e. The summed E-state index contributed by atoms with van der Waals surface area (Å²) < 4.78 is 13.4. The van der Waals surface area contributed by atoms with Gasteiger partial charge in [-0.25, -0.2) is 4.79 Å². The third kappa shape index (κ3) is 6.22. The highest BCUT2D eigenvalue weighted by atomic mass is 32.1. The second-order valence-corrected chi connectivity index (χ2v) is 20.1. The Morgan fingerprint density at radius 1 is 1.14 bits per heavy atom. The standard InChI is InChI=1S/C33H44N4O3SSi/c1-32(2,3)40-31(38)36-15-12-24(20-36)37-14-9-10-23-16-22(19-34)17-27(29(23)37)26-11-13-35-28-18-25(41-30(26)28)21-39-42(7,8)33(4,5)6/h11,13,16-18,24H,9-10,12,14-15,20-21H2,1-8H3. The van der Waals surface area contributed by atoms with Crippen molar-refractivity contribution in [2.75, 3.05) is 24.5 Å². The van der Waals surface area contributed by atoms with Crippen molar-refractivity contribution in [2.24, 2.45) is 0 Å². The van der Waals surface area contributed by atoms with E-state index in [0.717, 1.165) is 47.2 Å². The van der Waals surface area contributed by atoms with Crippen LogP contribution < -0.4 is 4.90 Å². The molecule has 3 aromatic rings. The number of hydrogen-bond donors (Lipinski definition) is 0. The molecule has 0 spiro atoms. The Morgan fingerprint density at radius 3 is 2.60 bits per heavy atom. The Bertz CT molecular complexity index is 1530. The van der Waals surface area contributed by atoms with Gasteiger partial charge >= 0.3 is 6.09 Å². The zero-order chi connectivity index (χ0) is 30.4. The summed E-state index contributed by atoms with van der Waals surface area (Å²) in [6.45, 7) is 19.9. The zero-order valence-electron chi connectivity index (χ0n) is 26.3. The molecule has 0 saturated carbocycles.